The molecular weight excluding hydrogens is 410 g/mol. The van der Waals surface area contributed by atoms with E-state index in [9.17, 15) is 4.79 Å². The lowest BCUT2D eigenvalue weighted by atomic mass is 9.99. The Hall–Kier alpha value is -3.25. The SMILES string of the molecule is O=C(/C=C/c1cnccc1-c1cnn(C2CC2)c1)Nc1ccc2c(c1)CN(CC1CC1)CC2. The first-order valence-electron chi connectivity index (χ1n) is 12.0. The van der Waals surface area contributed by atoms with E-state index in [1.54, 1.807) is 18.5 Å². The molecule has 2 saturated carbocycles. The lowest BCUT2D eigenvalue weighted by Gasteiger charge is -2.29. The fourth-order valence-electron chi connectivity index (χ4n) is 4.68. The predicted molar refractivity (Wildman–Crippen MR) is 130 cm³/mol. The van der Waals surface area contributed by atoms with Crippen LogP contribution in [0, 0.1) is 5.92 Å². The minimum absolute atomic E-state index is 0.135. The molecule has 0 spiro atoms. The molecule has 6 nitrogen and oxygen atoms in total. The van der Waals surface area contributed by atoms with Crippen LogP contribution in [0.4, 0.5) is 5.69 Å². The van der Waals surface area contributed by atoms with Crippen molar-refractivity contribution in [2.75, 3.05) is 18.4 Å². The maximum atomic E-state index is 12.7. The van der Waals surface area contributed by atoms with Gasteiger partial charge in [0, 0.05) is 61.1 Å². The molecule has 0 unspecified atom stereocenters. The smallest absolute Gasteiger partial charge is 0.248 e. The Balaban J connectivity index is 1.14. The third-order valence-electron chi connectivity index (χ3n) is 6.88. The highest BCUT2D eigenvalue weighted by Gasteiger charge is 2.26. The molecule has 33 heavy (non-hydrogen) atoms. The van der Waals surface area contributed by atoms with E-state index in [0.717, 1.165) is 47.8 Å². The van der Waals surface area contributed by atoms with Gasteiger partial charge in [-0.15, -0.1) is 0 Å². The molecule has 0 bridgehead atoms. The molecule has 0 saturated heterocycles. The van der Waals surface area contributed by atoms with Crippen molar-refractivity contribution in [3.63, 3.8) is 0 Å². The summed E-state index contributed by atoms with van der Waals surface area (Å²) in [6.07, 6.45) is 17.2. The second-order valence-corrected chi connectivity index (χ2v) is 9.64. The van der Waals surface area contributed by atoms with Crippen LogP contribution >= 0.6 is 0 Å². The van der Waals surface area contributed by atoms with E-state index >= 15 is 0 Å². The summed E-state index contributed by atoms with van der Waals surface area (Å²) in [6.45, 7) is 3.34. The number of carbonyl (C=O) groups excluding carboxylic acids is 1. The quantitative estimate of drug-likeness (QED) is 0.542. The van der Waals surface area contributed by atoms with E-state index in [1.165, 1.54) is 43.4 Å². The lowest BCUT2D eigenvalue weighted by molar-refractivity contribution is -0.111. The molecule has 0 atom stereocenters. The number of fused-ring (bicyclic) bond motifs is 1. The molecular formula is C27H29N5O. The van der Waals surface area contributed by atoms with Crippen LogP contribution in [0.25, 0.3) is 17.2 Å². The number of rotatable bonds is 7. The van der Waals surface area contributed by atoms with Crippen molar-refractivity contribution < 1.29 is 4.79 Å². The largest absolute Gasteiger partial charge is 0.323 e. The second-order valence-electron chi connectivity index (χ2n) is 9.64. The van der Waals surface area contributed by atoms with Gasteiger partial charge >= 0.3 is 0 Å². The number of nitrogens with zero attached hydrogens (tertiary/aromatic N) is 4. The van der Waals surface area contributed by atoms with E-state index < -0.39 is 0 Å². The summed E-state index contributed by atoms with van der Waals surface area (Å²) >= 11 is 0. The first-order valence-corrected chi connectivity index (χ1v) is 12.0. The van der Waals surface area contributed by atoms with Gasteiger partial charge in [0.25, 0.3) is 0 Å². The average Bonchev–Trinajstić information content (AvgIpc) is 3.78. The highest BCUT2D eigenvalue weighted by atomic mass is 16.1. The fourth-order valence-corrected chi connectivity index (χ4v) is 4.68. The minimum atomic E-state index is -0.135. The van der Waals surface area contributed by atoms with Gasteiger partial charge in [0.15, 0.2) is 0 Å². The van der Waals surface area contributed by atoms with E-state index in [4.69, 9.17) is 0 Å². The summed E-state index contributed by atoms with van der Waals surface area (Å²) in [6, 6.07) is 8.84. The van der Waals surface area contributed by atoms with Crippen molar-refractivity contribution >= 4 is 17.7 Å². The standard InChI is InChI=1S/C27H29N5O/c33-27(30-24-5-3-20-10-12-31(16-19-1-2-19)17-22(20)13-24)8-4-21-14-28-11-9-26(21)23-15-29-32(18-23)25-6-7-25/h3-5,8-9,11,13-15,18-19,25H,1-2,6-7,10,12,16-17H2,(H,30,33)/b8-4+. The van der Waals surface area contributed by atoms with Gasteiger partial charge in [0.05, 0.1) is 12.2 Å². The Morgan fingerprint density at radius 2 is 2.03 bits per heavy atom. The van der Waals surface area contributed by atoms with Gasteiger partial charge < -0.3 is 5.32 Å². The van der Waals surface area contributed by atoms with Crippen molar-refractivity contribution in [2.45, 2.75) is 44.7 Å². The van der Waals surface area contributed by atoms with Crippen LogP contribution in [0.3, 0.4) is 0 Å². The molecule has 3 heterocycles. The molecule has 6 heteroatoms. The summed E-state index contributed by atoms with van der Waals surface area (Å²) in [5, 5.41) is 7.53. The molecule has 2 aromatic heterocycles. The number of benzene rings is 1. The number of amides is 1. The summed E-state index contributed by atoms with van der Waals surface area (Å²) in [4.78, 5) is 19.5. The molecule has 0 radical (unpaired) electrons. The number of pyridine rings is 1. The van der Waals surface area contributed by atoms with Crippen molar-refractivity contribution in [1.29, 1.82) is 0 Å². The van der Waals surface area contributed by atoms with Crippen molar-refractivity contribution in [3.8, 4) is 11.1 Å². The monoisotopic (exact) mass is 439 g/mol. The molecule has 1 aliphatic heterocycles. The van der Waals surface area contributed by atoms with E-state index in [-0.39, 0.29) is 5.91 Å². The first kappa shape index (κ1) is 20.4. The summed E-state index contributed by atoms with van der Waals surface area (Å²) < 4.78 is 2.04. The molecule has 3 aromatic rings. The van der Waals surface area contributed by atoms with Crippen LogP contribution in [0.2, 0.25) is 0 Å². The zero-order valence-electron chi connectivity index (χ0n) is 18.8. The lowest BCUT2D eigenvalue weighted by Crippen LogP contribution is -2.32. The van der Waals surface area contributed by atoms with Crippen molar-refractivity contribution in [3.05, 3.63) is 71.8 Å². The number of anilines is 1. The van der Waals surface area contributed by atoms with Crippen LogP contribution in [0.15, 0.2) is 55.1 Å². The summed E-state index contributed by atoms with van der Waals surface area (Å²) in [5.74, 6) is 0.768. The first-order chi connectivity index (χ1) is 16.2. The molecule has 1 amide bonds. The van der Waals surface area contributed by atoms with Gasteiger partial charge in [-0.25, -0.2) is 0 Å². The molecule has 3 aliphatic rings. The van der Waals surface area contributed by atoms with Gasteiger partial charge in [-0.3, -0.25) is 19.4 Å². The third kappa shape index (κ3) is 4.76. The number of hydrogen-bond donors (Lipinski definition) is 1. The van der Waals surface area contributed by atoms with Crippen LogP contribution in [0.5, 0.6) is 0 Å². The molecule has 2 fully saturated rings. The Morgan fingerprint density at radius 1 is 1.12 bits per heavy atom. The zero-order valence-corrected chi connectivity index (χ0v) is 18.8. The Morgan fingerprint density at radius 3 is 2.88 bits per heavy atom. The number of nitrogens with one attached hydrogen (secondary N) is 1. The number of aromatic nitrogens is 3. The van der Waals surface area contributed by atoms with Gasteiger partial charge in [0.2, 0.25) is 5.91 Å². The predicted octanol–water partition coefficient (Wildman–Crippen LogP) is 4.70. The molecule has 1 aromatic carbocycles. The van der Waals surface area contributed by atoms with Crippen molar-refractivity contribution in [1.82, 2.24) is 19.7 Å². The van der Waals surface area contributed by atoms with Gasteiger partial charge in [-0.2, -0.15) is 5.10 Å². The topological polar surface area (TPSA) is 63.1 Å². The van der Waals surface area contributed by atoms with E-state index in [2.05, 4.69) is 38.6 Å². The normalized spacial score (nSPS) is 18.4. The summed E-state index contributed by atoms with van der Waals surface area (Å²) in [5.41, 5.74) is 6.59. The van der Waals surface area contributed by atoms with Crippen LogP contribution < -0.4 is 5.32 Å². The Bertz CT molecular complexity index is 1200. The van der Waals surface area contributed by atoms with Gasteiger partial charge in [0.1, 0.15) is 0 Å². The Labute approximate surface area is 194 Å². The van der Waals surface area contributed by atoms with Gasteiger partial charge in [-0.1, -0.05) is 6.07 Å². The highest BCUT2D eigenvalue weighted by Crippen LogP contribution is 2.35. The van der Waals surface area contributed by atoms with Gasteiger partial charge in [-0.05, 0) is 79.0 Å². The van der Waals surface area contributed by atoms with E-state index in [1.807, 2.05) is 29.1 Å². The maximum absolute atomic E-state index is 12.7. The van der Waals surface area contributed by atoms with Crippen LogP contribution in [-0.2, 0) is 17.8 Å². The van der Waals surface area contributed by atoms with Crippen molar-refractivity contribution in [2.24, 2.45) is 5.92 Å². The number of carbonyl (C=O) groups is 1. The second kappa shape index (κ2) is 8.60. The zero-order chi connectivity index (χ0) is 22.2. The third-order valence-corrected chi connectivity index (χ3v) is 6.88. The molecule has 6 rings (SSSR count). The fraction of sp³-hybridized carbons (Fsp3) is 0.370. The molecule has 2 aliphatic carbocycles. The van der Waals surface area contributed by atoms with Crippen LogP contribution in [0.1, 0.15) is 48.4 Å². The minimum Gasteiger partial charge on any atom is -0.323 e. The maximum Gasteiger partial charge on any atom is 0.248 e. The molecule has 1 N–H and O–H groups in total. The van der Waals surface area contributed by atoms with E-state index in [0.29, 0.717) is 6.04 Å². The molecule has 168 valence electrons. The van der Waals surface area contributed by atoms with Crippen LogP contribution in [-0.4, -0.2) is 38.7 Å². The average molecular weight is 440 g/mol. The Kier molecular flexibility index (Phi) is 5.30. The highest BCUT2D eigenvalue weighted by molar-refractivity contribution is 6.02. The summed E-state index contributed by atoms with van der Waals surface area (Å²) in [7, 11) is 0. The number of hydrogen-bond acceptors (Lipinski definition) is 4.